The fourth-order valence-electron chi connectivity index (χ4n) is 1.00. The number of halogens is 2. The second-order valence-electron chi connectivity index (χ2n) is 2.60. The molecular formula is C9H16Cl2Ti. The van der Waals surface area contributed by atoms with Gasteiger partial charge in [0.2, 0.25) is 0 Å². The third-order valence-corrected chi connectivity index (χ3v) is 3.88. The molecular weight excluding hydrogens is 227 g/mol. The Bertz CT molecular complexity index is 153. The van der Waals surface area contributed by atoms with E-state index in [-0.39, 0.29) is 44.0 Å². The maximum Gasteiger partial charge on any atom is -0.147 e. The number of unbranched alkanes of at least 4 members (excludes halogenated alkanes) is 1. The molecule has 0 aromatic rings. The first-order chi connectivity index (χ1) is 4.93. The van der Waals surface area contributed by atoms with Crippen molar-refractivity contribution in [3.05, 3.63) is 22.1 Å². The predicted octanol–water partition coefficient (Wildman–Crippen LogP) is 3.97. The number of rotatable bonds is 4. The van der Waals surface area contributed by atoms with Gasteiger partial charge in [-0.1, -0.05) is 0 Å². The summed E-state index contributed by atoms with van der Waals surface area (Å²) in [5, 5.41) is 0. The Morgan fingerprint density at radius 1 is 1.42 bits per heavy atom. The van der Waals surface area contributed by atoms with Crippen LogP contribution in [0.15, 0.2) is 22.1 Å². The molecule has 12 heavy (non-hydrogen) atoms. The van der Waals surface area contributed by atoms with E-state index in [0.29, 0.717) is 0 Å². The molecule has 0 radical (unpaired) electrons. The Balaban J connectivity index is 0. The maximum atomic E-state index is 2.32. The summed E-state index contributed by atoms with van der Waals surface area (Å²) in [6.07, 6.45) is 10.9. The molecule has 70 valence electrons. The minimum atomic E-state index is 0. The van der Waals surface area contributed by atoms with Gasteiger partial charge in [-0.2, -0.15) is 0 Å². The fraction of sp³-hybridized carbons (Fsp3) is 0.556. The van der Waals surface area contributed by atoms with Crippen LogP contribution < -0.4 is 0 Å². The first-order valence-corrected chi connectivity index (χ1v) is 5.91. The van der Waals surface area contributed by atoms with E-state index in [1.165, 1.54) is 24.0 Å². The van der Waals surface area contributed by atoms with Gasteiger partial charge in [-0.25, -0.2) is 0 Å². The van der Waals surface area contributed by atoms with Crippen LogP contribution in [0.1, 0.15) is 26.2 Å². The summed E-state index contributed by atoms with van der Waals surface area (Å²) in [6.45, 7) is 2.27. The summed E-state index contributed by atoms with van der Waals surface area (Å²) in [5.74, 6) is 0. The Kier molecular flexibility index (Phi) is 12.5. The average molecular weight is 243 g/mol. The largest absolute Gasteiger partial charge is 0.147 e. The van der Waals surface area contributed by atoms with Crippen LogP contribution in [0.25, 0.3) is 0 Å². The molecule has 3 heteroatoms. The van der Waals surface area contributed by atoms with Crippen molar-refractivity contribution < 1.29 is 19.2 Å². The molecule has 0 N–H and O–H groups in total. The summed E-state index contributed by atoms with van der Waals surface area (Å²) < 4.78 is 3.25. The van der Waals surface area contributed by atoms with Crippen molar-refractivity contribution in [2.45, 2.75) is 30.9 Å². The topological polar surface area (TPSA) is 0 Å². The smallest absolute Gasteiger partial charge is 0.147 e. The van der Waals surface area contributed by atoms with Crippen LogP contribution in [-0.2, 0) is 19.2 Å². The molecule has 0 unspecified atom stereocenters. The zero-order valence-electron chi connectivity index (χ0n) is 7.38. The molecule has 0 aliphatic heterocycles. The van der Waals surface area contributed by atoms with E-state index < -0.39 is 0 Å². The van der Waals surface area contributed by atoms with Gasteiger partial charge in [0.05, 0.1) is 0 Å². The molecule has 0 saturated heterocycles. The molecule has 1 aliphatic carbocycles. The predicted molar refractivity (Wildman–Crippen MR) is 56.1 cm³/mol. The van der Waals surface area contributed by atoms with Crippen molar-refractivity contribution in [2.24, 2.45) is 0 Å². The summed E-state index contributed by atoms with van der Waals surface area (Å²) in [4.78, 5) is 0. The summed E-state index contributed by atoms with van der Waals surface area (Å²) >= 11 is 0.290. The third-order valence-electron chi connectivity index (χ3n) is 1.65. The van der Waals surface area contributed by atoms with E-state index in [1.807, 2.05) is 0 Å². The van der Waals surface area contributed by atoms with E-state index in [4.69, 9.17) is 0 Å². The number of hydrogen-bond acceptors (Lipinski definition) is 0. The first kappa shape index (κ1) is 15.3. The van der Waals surface area contributed by atoms with Gasteiger partial charge >= 0.3 is 72.2 Å². The Labute approximate surface area is 96.6 Å². The second kappa shape index (κ2) is 9.86. The zero-order valence-corrected chi connectivity index (χ0v) is 10.6. The van der Waals surface area contributed by atoms with E-state index in [0.717, 1.165) is 0 Å². The van der Waals surface area contributed by atoms with E-state index in [2.05, 4.69) is 25.2 Å². The van der Waals surface area contributed by atoms with Gasteiger partial charge in [-0.3, -0.25) is 0 Å². The van der Waals surface area contributed by atoms with Gasteiger partial charge < -0.3 is 0 Å². The molecule has 0 aromatic heterocycles. The van der Waals surface area contributed by atoms with Crippen molar-refractivity contribution >= 4 is 24.8 Å². The summed E-state index contributed by atoms with van der Waals surface area (Å²) in [7, 11) is 0. The SMILES string of the molecule is CCC[CH2][Ti][C]1=CC=CC1.Cl.Cl. The van der Waals surface area contributed by atoms with Gasteiger partial charge in [-0.15, -0.1) is 24.8 Å². The van der Waals surface area contributed by atoms with Crippen molar-refractivity contribution in [1.29, 1.82) is 0 Å². The van der Waals surface area contributed by atoms with Gasteiger partial charge in [0.15, 0.2) is 0 Å². The van der Waals surface area contributed by atoms with E-state index >= 15 is 0 Å². The van der Waals surface area contributed by atoms with Crippen molar-refractivity contribution in [2.75, 3.05) is 0 Å². The van der Waals surface area contributed by atoms with Crippen molar-refractivity contribution in [3.8, 4) is 0 Å². The minimum absolute atomic E-state index is 0. The van der Waals surface area contributed by atoms with Crippen molar-refractivity contribution in [3.63, 3.8) is 0 Å². The van der Waals surface area contributed by atoms with E-state index in [1.54, 1.807) is 3.88 Å². The summed E-state index contributed by atoms with van der Waals surface area (Å²) in [6, 6.07) is 0. The van der Waals surface area contributed by atoms with Crippen LogP contribution in [0.4, 0.5) is 0 Å². The van der Waals surface area contributed by atoms with E-state index in [9.17, 15) is 0 Å². The molecule has 0 spiro atoms. The van der Waals surface area contributed by atoms with Gasteiger partial charge in [0, 0.05) is 0 Å². The molecule has 0 nitrogen and oxygen atoms in total. The minimum Gasteiger partial charge on any atom is -0.147 e. The van der Waals surface area contributed by atoms with Crippen LogP contribution >= 0.6 is 24.8 Å². The molecule has 0 atom stereocenters. The van der Waals surface area contributed by atoms with Gasteiger partial charge in [0.25, 0.3) is 0 Å². The van der Waals surface area contributed by atoms with Crippen LogP contribution in [-0.4, -0.2) is 0 Å². The fourth-order valence-corrected chi connectivity index (χ4v) is 3.08. The van der Waals surface area contributed by atoms with Crippen LogP contribution in [0.2, 0.25) is 4.73 Å². The first-order valence-electron chi connectivity index (χ1n) is 4.03. The van der Waals surface area contributed by atoms with Crippen LogP contribution in [0.3, 0.4) is 0 Å². The second-order valence-corrected chi connectivity index (χ2v) is 4.94. The quantitative estimate of drug-likeness (QED) is 0.517. The Morgan fingerprint density at radius 2 is 2.17 bits per heavy atom. The van der Waals surface area contributed by atoms with Gasteiger partial charge in [0.1, 0.15) is 0 Å². The number of hydrogen-bond donors (Lipinski definition) is 0. The molecule has 0 aromatic carbocycles. The zero-order chi connectivity index (χ0) is 7.23. The Morgan fingerprint density at radius 3 is 2.67 bits per heavy atom. The molecule has 1 rings (SSSR count). The van der Waals surface area contributed by atoms with Gasteiger partial charge in [-0.05, 0) is 0 Å². The molecule has 0 bridgehead atoms. The molecule has 1 aliphatic rings. The summed E-state index contributed by atoms with van der Waals surface area (Å²) in [5.41, 5.74) is 0. The van der Waals surface area contributed by atoms with Crippen LogP contribution in [0, 0.1) is 0 Å². The monoisotopic (exact) mass is 242 g/mol. The Hall–Kier alpha value is 0.774. The molecule has 0 fully saturated rings. The standard InChI is InChI=1S/C5H5.C4H9.2ClH.Ti/c1-2-4-5-3-1;1-3-4-2;;;/h1-3H,4H2;1,3-4H2,2H3;2*1H;. The normalized spacial score (nSPS) is 12.9. The molecule has 0 saturated carbocycles. The van der Waals surface area contributed by atoms with Crippen LogP contribution in [0.5, 0.6) is 0 Å². The maximum absolute atomic E-state index is 2.32. The molecule has 0 heterocycles. The molecule has 0 amide bonds. The number of allylic oxidation sites excluding steroid dienone is 4. The average Bonchev–Trinajstić information content (AvgIpc) is 2.41. The third kappa shape index (κ3) is 6.31. The van der Waals surface area contributed by atoms with Crippen molar-refractivity contribution in [1.82, 2.24) is 0 Å².